The summed E-state index contributed by atoms with van der Waals surface area (Å²) in [4.78, 5) is 36.5. The van der Waals surface area contributed by atoms with Gasteiger partial charge in [0.05, 0.1) is 18.7 Å². The van der Waals surface area contributed by atoms with E-state index in [0.29, 0.717) is 41.9 Å². The van der Waals surface area contributed by atoms with Crippen LogP contribution < -0.4 is 14.4 Å². The van der Waals surface area contributed by atoms with Crippen LogP contribution in [-0.4, -0.2) is 70.7 Å². The molecule has 0 aliphatic carbocycles. The van der Waals surface area contributed by atoms with E-state index in [4.69, 9.17) is 21.1 Å². The molecule has 3 amide bonds. The fourth-order valence-corrected chi connectivity index (χ4v) is 5.65. The molecule has 5 rings (SSSR count). The van der Waals surface area contributed by atoms with E-state index in [1.165, 1.54) is 0 Å². The van der Waals surface area contributed by atoms with Crippen molar-refractivity contribution in [3.05, 3.63) is 47.2 Å². The minimum absolute atomic E-state index is 0.0452. The summed E-state index contributed by atoms with van der Waals surface area (Å²) in [5, 5.41) is 1.31. The molecule has 0 N–H and O–H groups in total. The molecule has 2 aliphatic rings. The van der Waals surface area contributed by atoms with Crippen LogP contribution in [-0.2, 0) is 17.9 Å². The molecule has 2 saturated heterocycles. The van der Waals surface area contributed by atoms with Crippen LogP contribution in [0.25, 0.3) is 11.0 Å². The zero-order valence-electron chi connectivity index (χ0n) is 23.6. The summed E-state index contributed by atoms with van der Waals surface area (Å²) in [5.41, 5.74) is 2.34. The molecule has 2 fully saturated rings. The predicted octanol–water partition coefficient (Wildman–Crippen LogP) is 5.72. The van der Waals surface area contributed by atoms with Crippen LogP contribution in [0.15, 0.2) is 36.7 Å². The summed E-state index contributed by atoms with van der Waals surface area (Å²) >= 11 is 6.69. The van der Waals surface area contributed by atoms with Crippen LogP contribution in [0, 0.1) is 0 Å². The van der Waals surface area contributed by atoms with Crippen LogP contribution in [0.2, 0.25) is 5.02 Å². The van der Waals surface area contributed by atoms with Crippen molar-refractivity contribution in [2.75, 3.05) is 38.3 Å². The molecule has 0 saturated carbocycles. The number of nitrogens with zero attached hydrogens (tertiary/aromatic N) is 5. The van der Waals surface area contributed by atoms with E-state index in [1.54, 1.807) is 24.4 Å². The SMILES string of the molecule is CCCCCOc1cc(N2CC[C@H](C)N(Cc3ccnc4c3c(Cl)cn4CC(=O)N3CCC3)C2=O)ccc1OC. The van der Waals surface area contributed by atoms with E-state index in [2.05, 4.69) is 18.8 Å². The molecule has 0 bridgehead atoms. The lowest BCUT2D eigenvalue weighted by atomic mass is 10.1. The van der Waals surface area contributed by atoms with Crippen LogP contribution >= 0.6 is 11.6 Å². The average molecular weight is 568 g/mol. The molecule has 2 aromatic heterocycles. The van der Waals surface area contributed by atoms with Crippen molar-refractivity contribution in [3.63, 3.8) is 0 Å². The highest BCUT2D eigenvalue weighted by atomic mass is 35.5. The molecular weight excluding hydrogens is 530 g/mol. The van der Waals surface area contributed by atoms with E-state index >= 15 is 0 Å². The van der Waals surface area contributed by atoms with Crippen LogP contribution in [0.1, 0.15) is 51.5 Å². The van der Waals surface area contributed by atoms with Gasteiger partial charge in [0, 0.05) is 61.8 Å². The molecule has 1 aromatic carbocycles. The number of likely N-dealkylation sites (tertiary alicyclic amines) is 1. The van der Waals surface area contributed by atoms with Crippen LogP contribution in [0.5, 0.6) is 11.5 Å². The number of unbranched alkanes of at least 4 members (excludes halogenated alkanes) is 2. The highest BCUT2D eigenvalue weighted by Gasteiger charge is 2.33. The Balaban J connectivity index is 1.37. The number of carbonyl (C=O) groups is 2. The fraction of sp³-hybridized carbons (Fsp3) is 0.500. The number of urea groups is 1. The van der Waals surface area contributed by atoms with Gasteiger partial charge in [0.1, 0.15) is 12.2 Å². The number of pyridine rings is 1. The predicted molar refractivity (Wildman–Crippen MR) is 156 cm³/mol. The highest BCUT2D eigenvalue weighted by Crippen LogP contribution is 2.35. The smallest absolute Gasteiger partial charge is 0.325 e. The lowest BCUT2D eigenvalue weighted by Gasteiger charge is -2.40. The van der Waals surface area contributed by atoms with Gasteiger partial charge >= 0.3 is 6.03 Å². The van der Waals surface area contributed by atoms with Crippen molar-refractivity contribution < 1.29 is 19.1 Å². The number of halogens is 1. The molecule has 3 aromatic rings. The molecule has 10 heteroatoms. The number of ether oxygens (including phenoxy) is 2. The second kappa shape index (κ2) is 12.4. The third-order valence-electron chi connectivity index (χ3n) is 7.90. The second-order valence-corrected chi connectivity index (χ2v) is 11.0. The summed E-state index contributed by atoms with van der Waals surface area (Å²) in [6.07, 6.45) is 8.54. The van der Waals surface area contributed by atoms with Gasteiger partial charge in [0.25, 0.3) is 0 Å². The third kappa shape index (κ3) is 5.70. The average Bonchev–Trinajstić information content (AvgIpc) is 3.23. The molecule has 2 aliphatic heterocycles. The lowest BCUT2D eigenvalue weighted by Crippen LogP contribution is -2.53. The minimum Gasteiger partial charge on any atom is -0.493 e. The maximum absolute atomic E-state index is 13.9. The molecule has 1 atom stereocenters. The number of benzene rings is 1. The molecule has 214 valence electrons. The quantitative estimate of drug-likeness (QED) is 0.277. The van der Waals surface area contributed by atoms with Gasteiger partial charge in [-0.2, -0.15) is 0 Å². The topological polar surface area (TPSA) is 80.1 Å². The van der Waals surface area contributed by atoms with Gasteiger partial charge in [-0.05, 0) is 49.9 Å². The lowest BCUT2D eigenvalue weighted by molar-refractivity contribution is -0.135. The Bertz CT molecular complexity index is 1370. The van der Waals surface area contributed by atoms with Gasteiger partial charge in [-0.15, -0.1) is 0 Å². The highest BCUT2D eigenvalue weighted by molar-refractivity contribution is 6.35. The summed E-state index contributed by atoms with van der Waals surface area (Å²) in [7, 11) is 1.62. The van der Waals surface area contributed by atoms with E-state index in [9.17, 15) is 9.59 Å². The normalized spacial score (nSPS) is 17.4. The van der Waals surface area contributed by atoms with Crippen molar-refractivity contribution in [3.8, 4) is 11.5 Å². The number of rotatable bonds is 11. The number of amides is 3. The van der Waals surface area contributed by atoms with Gasteiger partial charge in [-0.3, -0.25) is 9.69 Å². The van der Waals surface area contributed by atoms with E-state index < -0.39 is 0 Å². The van der Waals surface area contributed by atoms with Gasteiger partial charge in [0.2, 0.25) is 5.91 Å². The first-order chi connectivity index (χ1) is 19.4. The van der Waals surface area contributed by atoms with Crippen LogP contribution in [0.3, 0.4) is 0 Å². The molecule has 0 radical (unpaired) electrons. The van der Waals surface area contributed by atoms with Crippen molar-refractivity contribution >= 4 is 40.3 Å². The third-order valence-corrected chi connectivity index (χ3v) is 8.18. The number of fused-ring (bicyclic) bond motifs is 1. The standard InChI is InChI=1S/C30H38ClN5O4/c1-4-5-6-16-40-26-17-23(8-9-25(26)39-3)35-15-11-21(2)36(30(35)38)18-22-10-12-32-29-28(22)24(31)19-34(29)20-27(37)33-13-7-14-33/h8-10,12,17,19,21H,4-7,11,13-16,18,20H2,1-3H3/t21-/m0/s1. The number of hydrogen-bond donors (Lipinski definition) is 0. The Morgan fingerprint density at radius 3 is 2.70 bits per heavy atom. The number of anilines is 1. The van der Waals surface area contributed by atoms with Gasteiger partial charge in [0.15, 0.2) is 11.5 Å². The Kier molecular flexibility index (Phi) is 8.69. The Morgan fingerprint density at radius 2 is 1.98 bits per heavy atom. The minimum atomic E-state index is -0.0747. The summed E-state index contributed by atoms with van der Waals surface area (Å²) in [5.74, 6) is 1.36. The maximum atomic E-state index is 13.9. The van der Waals surface area contributed by atoms with E-state index in [0.717, 1.165) is 61.8 Å². The first kappa shape index (κ1) is 28.1. The summed E-state index contributed by atoms with van der Waals surface area (Å²) in [6.45, 7) is 7.64. The largest absolute Gasteiger partial charge is 0.493 e. The van der Waals surface area contributed by atoms with Crippen molar-refractivity contribution in [2.24, 2.45) is 0 Å². The van der Waals surface area contributed by atoms with Crippen molar-refractivity contribution in [2.45, 2.75) is 65.1 Å². The summed E-state index contributed by atoms with van der Waals surface area (Å²) in [6, 6.07) is 7.54. The van der Waals surface area contributed by atoms with Gasteiger partial charge < -0.3 is 23.8 Å². The Morgan fingerprint density at radius 1 is 1.15 bits per heavy atom. The number of methoxy groups -OCH3 is 1. The maximum Gasteiger partial charge on any atom is 0.325 e. The summed E-state index contributed by atoms with van der Waals surface area (Å²) < 4.78 is 13.4. The second-order valence-electron chi connectivity index (χ2n) is 10.6. The Hall–Kier alpha value is -3.46. The number of aromatic nitrogens is 2. The first-order valence-electron chi connectivity index (χ1n) is 14.2. The first-order valence-corrected chi connectivity index (χ1v) is 14.6. The molecular formula is C30H38ClN5O4. The molecule has 9 nitrogen and oxygen atoms in total. The fourth-order valence-electron chi connectivity index (χ4n) is 5.33. The van der Waals surface area contributed by atoms with E-state index in [-0.39, 0.29) is 24.5 Å². The molecule has 0 unspecified atom stereocenters. The van der Waals surface area contributed by atoms with E-state index in [1.807, 2.05) is 38.6 Å². The molecule has 0 spiro atoms. The van der Waals surface area contributed by atoms with Crippen LogP contribution in [0.4, 0.5) is 10.5 Å². The zero-order valence-corrected chi connectivity index (χ0v) is 24.3. The zero-order chi connectivity index (χ0) is 28.2. The number of hydrogen-bond acceptors (Lipinski definition) is 5. The monoisotopic (exact) mass is 567 g/mol. The van der Waals surface area contributed by atoms with Gasteiger partial charge in [-0.25, -0.2) is 9.78 Å². The van der Waals surface area contributed by atoms with Crippen molar-refractivity contribution in [1.29, 1.82) is 0 Å². The number of carbonyl (C=O) groups excluding carboxylic acids is 2. The Labute approximate surface area is 240 Å². The van der Waals surface area contributed by atoms with Crippen molar-refractivity contribution in [1.82, 2.24) is 19.4 Å². The molecule has 40 heavy (non-hydrogen) atoms. The van der Waals surface area contributed by atoms with Gasteiger partial charge in [-0.1, -0.05) is 31.4 Å². The molecule has 4 heterocycles.